The van der Waals surface area contributed by atoms with Gasteiger partial charge in [0.25, 0.3) is 0 Å². The maximum absolute atomic E-state index is 12.9. The van der Waals surface area contributed by atoms with Gasteiger partial charge in [0.15, 0.2) is 6.10 Å². The molecule has 6 nitrogen and oxygen atoms in total. The third-order valence-corrected chi connectivity index (χ3v) is 15.0. The Labute approximate surface area is 508 Å². The van der Waals surface area contributed by atoms with Gasteiger partial charge < -0.3 is 14.2 Å². The Balaban J connectivity index is 4.37. The third kappa shape index (κ3) is 66.9. The van der Waals surface area contributed by atoms with Crippen LogP contribution in [0.4, 0.5) is 0 Å². The van der Waals surface area contributed by atoms with Crippen molar-refractivity contribution in [3.63, 3.8) is 0 Å². The molecule has 6 heteroatoms. The van der Waals surface area contributed by atoms with Gasteiger partial charge in [-0.05, 0) is 109 Å². The lowest BCUT2D eigenvalue weighted by Crippen LogP contribution is -2.30. The van der Waals surface area contributed by atoms with Crippen LogP contribution in [-0.2, 0) is 28.6 Å². The molecule has 0 aromatic heterocycles. The number of carbonyl (C=O) groups excluding carboxylic acids is 3. The Morgan fingerprint density at radius 1 is 0.256 bits per heavy atom. The molecule has 82 heavy (non-hydrogen) atoms. The van der Waals surface area contributed by atoms with Crippen molar-refractivity contribution >= 4 is 17.9 Å². The number of rotatable bonds is 63. The fourth-order valence-corrected chi connectivity index (χ4v) is 9.81. The van der Waals surface area contributed by atoms with Gasteiger partial charge in [0.1, 0.15) is 13.2 Å². The molecule has 1 unspecified atom stereocenters. The number of unbranched alkanes of at least 4 members (excludes halogenated alkanes) is 34. The molecule has 0 N–H and O–H groups in total. The first-order valence-electron chi connectivity index (χ1n) is 34.9. The molecule has 0 aliphatic carbocycles. The number of esters is 3. The summed E-state index contributed by atoms with van der Waals surface area (Å²) in [6.07, 6.45) is 95.3. The van der Waals surface area contributed by atoms with E-state index in [1.807, 2.05) is 0 Å². The summed E-state index contributed by atoms with van der Waals surface area (Å²) in [6, 6.07) is 0. The minimum Gasteiger partial charge on any atom is -0.462 e. The second kappa shape index (κ2) is 69.6. The summed E-state index contributed by atoms with van der Waals surface area (Å²) >= 11 is 0. The lowest BCUT2D eigenvalue weighted by Gasteiger charge is -2.18. The van der Waals surface area contributed by atoms with E-state index in [0.29, 0.717) is 19.3 Å². The van der Waals surface area contributed by atoms with Gasteiger partial charge in [-0.3, -0.25) is 14.4 Å². The van der Waals surface area contributed by atoms with Crippen LogP contribution in [0, 0.1) is 0 Å². The van der Waals surface area contributed by atoms with E-state index in [0.717, 1.165) is 128 Å². The summed E-state index contributed by atoms with van der Waals surface area (Å²) in [4.78, 5) is 38.4. The van der Waals surface area contributed by atoms with E-state index in [-0.39, 0.29) is 31.1 Å². The minimum atomic E-state index is -0.794. The molecule has 0 radical (unpaired) electrons. The van der Waals surface area contributed by atoms with Crippen LogP contribution >= 0.6 is 0 Å². The fourth-order valence-electron chi connectivity index (χ4n) is 9.81. The van der Waals surface area contributed by atoms with E-state index in [2.05, 4.69) is 130 Å². The van der Waals surface area contributed by atoms with Crippen molar-refractivity contribution in [2.45, 2.75) is 341 Å². The Morgan fingerprint density at radius 3 is 0.756 bits per heavy atom. The van der Waals surface area contributed by atoms with Gasteiger partial charge in [-0.15, -0.1) is 0 Å². The van der Waals surface area contributed by atoms with E-state index in [4.69, 9.17) is 14.2 Å². The van der Waals surface area contributed by atoms with Crippen LogP contribution in [0.15, 0.2) is 109 Å². The first kappa shape index (κ1) is 78.1. The van der Waals surface area contributed by atoms with Crippen molar-refractivity contribution < 1.29 is 28.6 Å². The van der Waals surface area contributed by atoms with Crippen LogP contribution in [0.25, 0.3) is 0 Å². The maximum atomic E-state index is 12.9. The quantitative estimate of drug-likeness (QED) is 0.0261. The molecule has 0 aromatic rings. The first-order valence-corrected chi connectivity index (χ1v) is 34.9. The highest BCUT2D eigenvalue weighted by Crippen LogP contribution is 2.17. The average Bonchev–Trinajstić information content (AvgIpc) is 3.47. The van der Waals surface area contributed by atoms with Gasteiger partial charge in [0, 0.05) is 19.3 Å². The molecule has 0 amide bonds. The third-order valence-electron chi connectivity index (χ3n) is 15.0. The Morgan fingerprint density at radius 2 is 0.476 bits per heavy atom. The van der Waals surface area contributed by atoms with Crippen LogP contribution in [0.5, 0.6) is 0 Å². The van der Waals surface area contributed by atoms with Gasteiger partial charge in [0.2, 0.25) is 0 Å². The van der Waals surface area contributed by atoms with Crippen LogP contribution < -0.4 is 0 Å². The number of hydrogen-bond donors (Lipinski definition) is 0. The van der Waals surface area contributed by atoms with Crippen molar-refractivity contribution in [3.05, 3.63) is 109 Å². The van der Waals surface area contributed by atoms with Crippen LogP contribution in [0.3, 0.4) is 0 Å². The predicted molar refractivity (Wildman–Crippen MR) is 357 cm³/mol. The van der Waals surface area contributed by atoms with Crippen molar-refractivity contribution in [3.8, 4) is 0 Å². The smallest absolute Gasteiger partial charge is 0.306 e. The SMILES string of the molecule is CC/C=C\C/C=C\C/C=C\C/C=C\C/C=C\C/C=C\C/C=C\C/C=C\CCCCCCC(=O)OCC(COC(=O)CCCCCCC/C=C\CCCCCCC)OC(=O)CCCCCCCCCCCCCCCCCCCCCCC. The summed E-state index contributed by atoms with van der Waals surface area (Å²) in [5, 5.41) is 0. The molecule has 0 saturated heterocycles. The van der Waals surface area contributed by atoms with Crippen molar-refractivity contribution in [1.82, 2.24) is 0 Å². The Bertz CT molecular complexity index is 1640. The molecular weight excluding hydrogens is 1010 g/mol. The second-order valence-electron chi connectivity index (χ2n) is 23.1. The summed E-state index contributed by atoms with van der Waals surface area (Å²) in [6.45, 7) is 6.53. The fraction of sp³-hybridized carbons (Fsp3) is 0.724. The first-order chi connectivity index (χ1) is 40.5. The Hall–Kier alpha value is -3.93. The van der Waals surface area contributed by atoms with Gasteiger partial charge in [-0.1, -0.05) is 316 Å². The molecule has 0 aromatic carbocycles. The zero-order valence-corrected chi connectivity index (χ0v) is 54.0. The summed E-state index contributed by atoms with van der Waals surface area (Å²) in [7, 11) is 0. The maximum Gasteiger partial charge on any atom is 0.306 e. The molecular formula is C76H130O6. The van der Waals surface area contributed by atoms with Gasteiger partial charge >= 0.3 is 17.9 Å². The lowest BCUT2D eigenvalue weighted by molar-refractivity contribution is -0.167. The van der Waals surface area contributed by atoms with Gasteiger partial charge in [-0.2, -0.15) is 0 Å². The topological polar surface area (TPSA) is 78.9 Å². The monoisotopic (exact) mass is 1140 g/mol. The lowest BCUT2D eigenvalue weighted by atomic mass is 10.0. The Kier molecular flexibility index (Phi) is 66.2. The summed E-state index contributed by atoms with van der Waals surface area (Å²) in [5.41, 5.74) is 0. The predicted octanol–water partition coefficient (Wildman–Crippen LogP) is 24.2. The minimum absolute atomic E-state index is 0.0884. The standard InChI is InChI=1S/C76H130O6/c1-4-7-10-13-16-19-22-25-28-30-32-34-35-36-37-38-39-40-41-43-44-46-48-51-54-57-60-63-66-69-75(78)81-72-73(71-80-74(77)68-65-62-59-56-53-50-27-24-21-18-15-12-9-6-3)82-76(79)70-67-64-61-58-55-52-49-47-45-42-33-31-29-26-23-20-17-14-11-8-5-2/h7,10,16,19,24-25,27-28,32,34,36-37,39-40,43-44,48,51,73H,4-6,8-9,11-15,17-18,20-23,26,29-31,33,35,38,41-42,45-47,49-50,52-72H2,1-3H3/b10-7-,19-16-,27-24-,28-25-,34-32-,37-36-,40-39-,44-43-,51-48-. The van der Waals surface area contributed by atoms with E-state index in [9.17, 15) is 14.4 Å². The molecule has 0 aliphatic rings. The molecule has 0 rings (SSSR count). The largest absolute Gasteiger partial charge is 0.462 e. The van der Waals surface area contributed by atoms with E-state index < -0.39 is 6.10 Å². The van der Waals surface area contributed by atoms with E-state index in [1.54, 1.807) is 0 Å². The molecule has 0 spiro atoms. The average molecular weight is 1140 g/mol. The number of ether oxygens (including phenoxy) is 3. The van der Waals surface area contributed by atoms with Crippen LogP contribution in [0.1, 0.15) is 335 Å². The second-order valence-corrected chi connectivity index (χ2v) is 23.1. The van der Waals surface area contributed by atoms with Crippen molar-refractivity contribution in [2.75, 3.05) is 13.2 Å². The number of hydrogen-bond acceptors (Lipinski definition) is 6. The molecule has 470 valence electrons. The molecule has 0 fully saturated rings. The van der Waals surface area contributed by atoms with Crippen molar-refractivity contribution in [1.29, 1.82) is 0 Å². The molecule has 0 saturated carbocycles. The van der Waals surface area contributed by atoms with E-state index in [1.165, 1.54) is 167 Å². The molecule has 0 aliphatic heterocycles. The molecule has 1 atom stereocenters. The zero-order valence-electron chi connectivity index (χ0n) is 54.0. The highest BCUT2D eigenvalue weighted by Gasteiger charge is 2.19. The van der Waals surface area contributed by atoms with Crippen LogP contribution in [-0.4, -0.2) is 37.2 Å². The summed E-state index contributed by atoms with van der Waals surface area (Å²) < 4.78 is 17.0. The van der Waals surface area contributed by atoms with Crippen molar-refractivity contribution in [2.24, 2.45) is 0 Å². The number of allylic oxidation sites excluding steroid dienone is 18. The van der Waals surface area contributed by atoms with Gasteiger partial charge in [-0.25, -0.2) is 0 Å². The van der Waals surface area contributed by atoms with E-state index >= 15 is 0 Å². The molecule has 0 heterocycles. The number of carbonyl (C=O) groups is 3. The van der Waals surface area contributed by atoms with Gasteiger partial charge in [0.05, 0.1) is 0 Å². The zero-order chi connectivity index (χ0) is 59.2. The highest BCUT2D eigenvalue weighted by atomic mass is 16.6. The normalized spacial score (nSPS) is 12.8. The van der Waals surface area contributed by atoms with Crippen LogP contribution in [0.2, 0.25) is 0 Å². The highest BCUT2D eigenvalue weighted by molar-refractivity contribution is 5.71. The molecule has 0 bridgehead atoms. The summed E-state index contributed by atoms with van der Waals surface area (Å²) in [5.74, 6) is -0.908.